The second-order valence-corrected chi connectivity index (χ2v) is 4.40. The van der Waals surface area contributed by atoms with E-state index in [9.17, 15) is 0 Å². The number of rotatable bonds is 2. The van der Waals surface area contributed by atoms with Gasteiger partial charge in [0.25, 0.3) is 0 Å². The number of hydrogen-bond donors (Lipinski definition) is 0. The maximum Gasteiger partial charge on any atom is 0.0474 e. The highest BCUT2D eigenvalue weighted by atomic mass is 35.5. The van der Waals surface area contributed by atoms with Crippen molar-refractivity contribution in [1.29, 1.82) is 0 Å². The Morgan fingerprint density at radius 3 is 2.00 bits per heavy atom. The molecule has 16 heavy (non-hydrogen) atoms. The van der Waals surface area contributed by atoms with Gasteiger partial charge in [-0.15, -0.1) is 11.6 Å². The molecule has 0 saturated heterocycles. The van der Waals surface area contributed by atoms with Crippen LogP contribution in [-0.2, 0) is 5.88 Å². The molecule has 0 fully saturated rings. The zero-order chi connectivity index (χ0) is 11.5. The Balaban J connectivity index is 2.38. The van der Waals surface area contributed by atoms with Crippen LogP contribution in [0.5, 0.6) is 0 Å². The molecule has 0 saturated carbocycles. The van der Waals surface area contributed by atoms with Crippen molar-refractivity contribution in [2.45, 2.75) is 19.7 Å². The van der Waals surface area contributed by atoms with E-state index in [0.29, 0.717) is 5.88 Å². The van der Waals surface area contributed by atoms with Gasteiger partial charge in [-0.2, -0.15) is 0 Å². The number of benzene rings is 2. The molecule has 1 heteroatoms. The fourth-order valence-corrected chi connectivity index (χ4v) is 1.89. The van der Waals surface area contributed by atoms with E-state index >= 15 is 0 Å². The van der Waals surface area contributed by atoms with Gasteiger partial charge in [0.2, 0.25) is 0 Å². The first-order valence-electron chi connectivity index (χ1n) is 5.43. The average Bonchev–Trinajstić information content (AvgIpc) is 2.33. The van der Waals surface area contributed by atoms with E-state index in [1.54, 1.807) is 0 Å². The predicted molar refractivity (Wildman–Crippen MR) is 70.9 cm³/mol. The van der Waals surface area contributed by atoms with Gasteiger partial charge in [-0.1, -0.05) is 42.5 Å². The van der Waals surface area contributed by atoms with E-state index < -0.39 is 0 Å². The molecule has 0 bridgehead atoms. The molecule has 0 radical (unpaired) electrons. The van der Waals surface area contributed by atoms with Crippen LogP contribution in [0.3, 0.4) is 0 Å². The van der Waals surface area contributed by atoms with E-state index in [0.717, 1.165) is 5.56 Å². The minimum Gasteiger partial charge on any atom is -0.122 e. The van der Waals surface area contributed by atoms with E-state index in [1.807, 2.05) is 0 Å². The molecule has 2 rings (SSSR count). The number of halogens is 1. The van der Waals surface area contributed by atoms with Gasteiger partial charge in [-0.3, -0.25) is 0 Å². The van der Waals surface area contributed by atoms with Crippen molar-refractivity contribution in [2.75, 3.05) is 0 Å². The van der Waals surface area contributed by atoms with Gasteiger partial charge in [0.1, 0.15) is 0 Å². The van der Waals surface area contributed by atoms with Gasteiger partial charge < -0.3 is 0 Å². The minimum atomic E-state index is 0.577. The van der Waals surface area contributed by atoms with Crippen molar-refractivity contribution in [2.24, 2.45) is 0 Å². The topological polar surface area (TPSA) is 0 Å². The van der Waals surface area contributed by atoms with Crippen molar-refractivity contribution in [3.05, 3.63) is 59.2 Å². The maximum atomic E-state index is 5.77. The van der Waals surface area contributed by atoms with Gasteiger partial charge in [0.05, 0.1) is 0 Å². The molecule has 0 nitrogen and oxygen atoms in total. The second-order valence-electron chi connectivity index (χ2n) is 4.13. The fourth-order valence-electron chi connectivity index (χ4n) is 1.71. The molecular formula is C15H15Cl. The summed E-state index contributed by atoms with van der Waals surface area (Å²) < 4.78 is 0. The third kappa shape index (κ3) is 2.28. The Kier molecular flexibility index (Phi) is 3.31. The van der Waals surface area contributed by atoms with Gasteiger partial charge in [0.15, 0.2) is 0 Å². The van der Waals surface area contributed by atoms with E-state index in [4.69, 9.17) is 11.6 Å². The first-order chi connectivity index (χ1) is 7.70. The summed E-state index contributed by atoms with van der Waals surface area (Å²) >= 11 is 5.77. The van der Waals surface area contributed by atoms with E-state index in [-0.39, 0.29) is 0 Å². The Morgan fingerprint density at radius 2 is 1.44 bits per heavy atom. The highest BCUT2D eigenvalue weighted by Crippen LogP contribution is 2.22. The van der Waals surface area contributed by atoms with Crippen molar-refractivity contribution in [3.63, 3.8) is 0 Å². The minimum absolute atomic E-state index is 0.577. The van der Waals surface area contributed by atoms with E-state index in [2.05, 4.69) is 56.3 Å². The number of hydrogen-bond acceptors (Lipinski definition) is 0. The molecule has 0 spiro atoms. The monoisotopic (exact) mass is 230 g/mol. The molecule has 82 valence electrons. The molecule has 0 heterocycles. The molecule has 2 aromatic carbocycles. The highest BCUT2D eigenvalue weighted by Gasteiger charge is 1.99. The van der Waals surface area contributed by atoms with Crippen LogP contribution in [0.15, 0.2) is 42.5 Å². The van der Waals surface area contributed by atoms with Crippen LogP contribution in [-0.4, -0.2) is 0 Å². The summed E-state index contributed by atoms with van der Waals surface area (Å²) in [6, 6.07) is 15.0. The third-order valence-electron chi connectivity index (χ3n) is 2.95. The van der Waals surface area contributed by atoms with Crippen molar-refractivity contribution in [3.8, 4) is 11.1 Å². The van der Waals surface area contributed by atoms with Crippen LogP contribution >= 0.6 is 11.6 Å². The van der Waals surface area contributed by atoms with Gasteiger partial charge in [0, 0.05) is 5.88 Å². The van der Waals surface area contributed by atoms with Crippen molar-refractivity contribution >= 4 is 11.6 Å². The Bertz CT molecular complexity index is 483. The molecule has 0 aliphatic carbocycles. The van der Waals surface area contributed by atoms with Gasteiger partial charge in [-0.05, 0) is 41.7 Å². The Labute approximate surface area is 102 Å². The van der Waals surface area contributed by atoms with Gasteiger partial charge >= 0.3 is 0 Å². The Morgan fingerprint density at radius 1 is 0.812 bits per heavy atom. The fraction of sp³-hybridized carbons (Fsp3) is 0.200. The summed E-state index contributed by atoms with van der Waals surface area (Å²) in [5.41, 5.74) is 6.34. The zero-order valence-electron chi connectivity index (χ0n) is 9.63. The molecule has 0 unspecified atom stereocenters. The molecule has 0 N–H and O–H groups in total. The van der Waals surface area contributed by atoms with Crippen LogP contribution in [0.2, 0.25) is 0 Å². The van der Waals surface area contributed by atoms with Crippen LogP contribution in [0, 0.1) is 13.8 Å². The lowest BCUT2D eigenvalue weighted by atomic mass is 10.00. The highest BCUT2D eigenvalue weighted by molar-refractivity contribution is 6.17. The molecule has 2 aromatic rings. The summed E-state index contributed by atoms with van der Waals surface area (Å²) in [4.78, 5) is 0. The summed E-state index contributed by atoms with van der Waals surface area (Å²) in [5, 5.41) is 0. The standard InChI is InChI=1S/C15H15Cl/c1-11-3-6-15(9-12(11)2)14-7-4-13(10-16)5-8-14/h3-9H,10H2,1-2H3. The smallest absolute Gasteiger partial charge is 0.0474 e. The molecule has 0 amide bonds. The first kappa shape index (κ1) is 11.2. The quantitative estimate of drug-likeness (QED) is 0.656. The molecule has 0 aliphatic rings. The second kappa shape index (κ2) is 4.71. The molecular weight excluding hydrogens is 216 g/mol. The van der Waals surface area contributed by atoms with Crippen molar-refractivity contribution in [1.82, 2.24) is 0 Å². The van der Waals surface area contributed by atoms with E-state index in [1.165, 1.54) is 22.3 Å². The lowest BCUT2D eigenvalue weighted by Gasteiger charge is -2.06. The SMILES string of the molecule is Cc1ccc(-c2ccc(CCl)cc2)cc1C. The van der Waals surface area contributed by atoms with Crippen LogP contribution in [0.4, 0.5) is 0 Å². The van der Waals surface area contributed by atoms with Crippen LogP contribution in [0.1, 0.15) is 16.7 Å². The average molecular weight is 231 g/mol. The third-order valence-corrected chi connectivity index (χ3v) is 3.26. The number of aryl methyl sites for hydroxylation is 2. The molecule has 0 aromatic heterocycles. The largest absolute Gasteiger partial charge is 0.122 e. The lowest BCUT2D eigenvalue weighted by Crippen LogP contribution is -1.84. The first-order valence-corrected chi connectivity index (χ1v) is 5.96. The summed E-state index contributed by atoms with van der Waals surface area (Å²) in [7, 11) is 0. The lowest BCUT2D eigenvalue weighted by molar-refractivity contribution is 1.34. The number of alkyl halides is 1. The zero-order valence-corrected chi connectivity index (χ0v) is 10.4. The summed E-state index contributed by atoms with van der Waals surface area (Å²) in [6.07, 6.45) is 0. The Hall–Kier alpha value is -1.27. The van der Waals surface area contributed by atoms with Gasteiger partial charge in [-0.25, -0.2) is 0 Å². The molecule has 0 atom stereocenters. The van der Waals surface area contributed by atoms with Crippen molar-refractivity contribution < 1.29 is 0 Å². The van der Waals surface area contributed by atoms with Crippen LogP contribution in [0.25, 0.3) is 11.1 Å². The normalized spacial score (nSPS) is 10.4. The predicted octanol–water partition coefficient (Wildman–Crippen LogP) is 4.71. The maximum absolute atomic E-state index is 5.77. The summed E-state index contributed by atoms with van der Waals surface area (Å²) in [5.74, 6) is 0.577. The van der Waals surface area contributed by atoms with Crippen LogP contribution < -0.4 is 0 Å². The molecule has 0 aliphatic heterocycles. The summed E-state index contributed by atoms with van der Waals surface area (Å²) in [6.45, 7) is 4.28.